The van der Waals surface area contributed by atoms with E-state index in [1.807, 2.05) is 13.8 Å². The third-order valence-electron chi connectivity index (χ3n) is 2.62. The zero-order chi connectivity index (χ0) is 12.0. The summed E-state index contributed by atoms with van der Waals surface area (Å²) in [5, 5.41) is 0. The Hall–Kier alpha value is -0.130. The van der Waals surface area contributed by atoms with Crippen LogP contribution >= 0.6 is 22.6 Å². The highest BCUT2D eigenvalue weighted by molar-refractivity contribution is 14.1. The lowest BCUT2D eigenvalue weighted by Gasteiger charge is -2.23. The van der Waals surface area contributed by atoms with Crippen molar-refractivity contribution in [3.05, 3.63) is 0 Å². The Morgan fingerprint density at radius 1 is 1.33 bits per heavy atom. The van der Waals surface area contributed by atoms with E-state index in [1.165, 1.54) is 0 Å². The Labute approximate surface area is 106 Å². The molecule has 0 aliphatic rings. The zero-order valence-corrected chi connectivity index (χ0v) is 12.1. The molecule has 3 nitrogen and oxygen atoms in total. The molecular formula is C11H20INO2. The van der Waals surface area contributed by atoms with Crippen LogP contribution in [-0.2, 0) is 9.59 Å². The highest BCUT2D eigenvalue weighted by Crippen LogP contribution is 2.14. The second-order valence-corrected chi connectivity index (χ2v) is 5.17. The van der Waals surface area contributed by atoms with E-state index >= 15 is 0 Å². The van der Waals surface area contributed by atoms with E-state index in [-0.39, 0.29) is 23.7 Å². The number of carbonyl (C=O) groups is 2. The van der Waals surface area contributed by atoms with Gasteiger partial charge in [0.1, 0.15) is 5.78 Å². The summed E-state index contributed by atoms with van der Waals surface area (Å²) >= 11 is 2.24. The minimum atomic E-state index is -0.101. The Balaban J connectivity index is 4.28. The van der Waals surface area contributed by atoms with Crippen LogP contribution in [0, 0.1) is 5.92 Å². The van der Waals surface area contributed by atoms with Gasteiger partial charge in [-0.3, -0.25) is 9.59 Å². The Morgan fingerprint density at radius 3 is 2.20 bits per heavy atom. The van der Waals surface area contributed by atoms with Crippen molar-refractivity contribution in [3.8, 4) is 0 Å². The largest absolute Gasteiger partial charge is 0.343 e. The third-order valence-corrected chi connectivity index (χ3v) is 3.24. The summed E-state index contributed by atoms with van der Waals surface area (Å²) in [6.07, 6.45) is 1.15. The first-order valence-electron chi connectivity index (χ1n) is 5.22. The molecule has 88 valence electrons. The molecule has 1 atom stereocenters. The quantitative estimate of drug-likeness (QED) is 0.555. The summed E-state index contributed by atoms with van der Waals surface area (Å²) in [6, 6.07) is 0.199. The maximum Gasteiger partial charge on any atom is 0.223 e. The fourth-order valence-corrected chi connectivity index (χ4v) is 1.98. The van der Waals surface area contributed by atoms with Crippen molar-refractivity contribution in [3.63, 3.8) is 0 Å². The van der Waals surface area contributed by atoms with Gasteiger partial charge in [-0.05, 0) is 27.2 Å². The molecule has 0 aliphatic heterocycles. The highest BCUT2D eigenvalue weighted by atomic mass is 127. The first-order valence-corrected chi connectivity index (χ1v) is 6.74. The van der Waals surface area contributed by atoms with Gasteiger partial charge in [-0.15, -0.1) is 0 Å². The number of hydrogen-bond donors (Lipinski definition) is 0. The topological polar surface area (TPSA) is 37.4 Å². The number of alkyl halides is 1. The van der Waals surface area contributed by atoms with E-state index in [4.69, 9.17) is 0 Å². The summed E-state index contributed by atoms with van der Waals surface area (Å²) in [4.78, 5) is 24.7. The lowest BCUT2D eigenvalue weighted by atomic mass is 9.97. The van der Waals surface area contributed by atoms with Gasteiger partial charge in [-0.2, -0.15) is 0 Å². The molecule has 0 N–H and O–H groups in total. The summed E-state index contributed by atoms with van der Waals surface area (Å²) < 4.78 is 0.917. The van der Waals surface area contributed by atoms with E-state index in [2.05, 4.69) is 22.6 Å². The summed E-state index contributed by atoms with van der Waals surface area (Å²) in [5.74, 6) is 0.0859. The van der Waals surface area contributed by atoms with E-state index in [0.717, 1.165) is 10.8 Å². The van der Waals surface area contributed by atoms with Crippen molar-refractivity contribution in [2.45, 2.75) is 39.7 Å². The van der Waals surface area contributed by atoms with Crippen molar-refractivity contribution < 1.29 is 9.59 Å². The van der Waals surface area contributed by atoms with E-state index in [9.17, 15) is 9.59 Å². The number of nitrogens with zero attached hydrogens (tertiary/aromatic N) is 1. The van der Waals surface area contributed by atoms with Crippen LogP contribution in [-0.4, -0.2) is 34.1 Å². The zero-order valence-electron chi connectivity index (χ0n) is 9.92. The first-order chi connectivity index (χ1) is 6.90. The molecular weight excluding hydrogens is 305 g/mol. The number of rotatable bonds is 6. The summed E-state index contributed by atoms with van der Waals surface area (Å²) in [7, 11) is 1.79. The lowest BCUT2D eigenvalue weighted by Crippen LogP contribution is -2.35. The van der Waals surface area contributed by atoms with Crippen molar-refractivity contribution in [2.24, 2.45) is 5.92 Å². The van der Waals surface area contributed by atoms with E-state index < -0.39 is 0 Å². The molecule has 0 saturated carbocycles. The van der Waals surface area contributed by atoms with Crippen LogP contribution in [0.3, 0.4) is 0 Å². The Kier molecular flexibility index (Phi) is 7.13. The van der Waals surface area contributed by atoms with Gasteiger partial charge in [0.15, 0.2) is 0 Å². The Bertz CT molecular complexity index is 229. The van der Waals surface area contributed by atoms with Crippen molar-refractivity contribution in [2.75, 3.05) is 11.5 Å². The predicted molar refractivity (Wildman–Crippen MR) is 70.2 cm³/mol. The molecule has 0 unspecified atom stereocenters. The monoisotopic (exact) mass is 325 g/mol. The molecule has 0 aromatic carbocycles. The molecule has 0 saturated heterocycles. The number of hydrogen-bond acceptors (Lipinski definition) is 2. The van der Waals surface area contributed by atoms with Gasteiger partial charge in [0, 0.05) is 29.9 Å². The Morgan fingerprint density at radius 2 is 1.87 bits per heavy atom. The minimum Gasteiger partial charge on any atom is -0.343 e. The maximum atomic E-state index is 11.7. The van der Waals surface area contributed by atoms with Gasteiger partial charge in [0.05, 0.1) is 0 Å². The van der Waals surface area contributed by atoms with Gasteiger partial charge in [0.25, 0.3) is 0 Å². The molecule has 0 rings (SSSR count). The number of Topliss-reactive ketones (excluding diaryl/α,β-unsaturated/α-hetero) is 1. The normalized spacial score (nSPS) is 12.7. The fourth-order valence-electron chi connectivity index (χ4n) is 1.22. The number of halogens is 1. The molecule has 0 fully saturated rings. The summed E-state index contributed by atoms with van der Waals surface area (Å²) in [5.41, 5.74) is 0. The molecule has 0 aromatic heterocycles. The van der Waals surface area contributed by atoms with E-state index in [1.54, 1.807) is 18.9 Å². The summed E-state index contributed by atoms with van der Waals surface area (Å²) in [6.45, 7) is 5.51. The highest BCUT2D eigenvalue weighted by Gasteiger charge is 2.21. The van der Waals surface area contributed by atoms with Gasteiger partial charge >= 0.3 is 0 Å². The van der Waals surface area contributed by atoms with Crippen LogP contribution in [0.4, 0.5) is 0 Å². The molecule has 0 spiro atoms. The van der Waals surface area contributed by atoms with E-state index in [0.29, 0.717) is 6.42 Å². The lowest BCUT2D eigenvalue weighted by molar-refractivity contribution is -0.135. The van der Waals surface area contributed by atoms with Gasteiger partial charge in [0.2, 0.25) is 5.91 Å². The van der Waals surface area contributed by atoms with Crippen molar-refractivity contribution >= 4 is 34.3 Å². The number of carbonyl (C=O) groups excluding carboxylic acids is 2. The average molecular weight is 325 g/mol. The van der Waals surface area contributed by atoms with Crippen molar-refractivity contribution in [1.29, 1.82) is 0 Å². The van der Waals surface area contributed by atoms with Gasteiger partial charge < -0.3 is 4.90 Å². The first kappa shape index (κ1) is 14.9. The van der Waals surface area contributed by atoms with Gasteiger partial charge in [-0.1, -0.05) is 22.6 Å². The van der Waals surface area contributed by atoms with Crippen LogP contribution in [0.2, 0.25) is 0 Å². The molecule has 0 radical (unpaired) electrons. The van der Waals surface area contributed by atoms with Gasteiger partial charge in [-0.25, -0.2) is 0 Å². The SMILES string of the molecule is CC(=O)[C@H](CCI)CC(=O)N(C)C(C)C. The van der Waals surface area contributed by atoms with Crippen LogP contribution in [0.15, 0.2) is 0 Å². The molecule has 0 bridgehead atoms. The van der Waals surface area contributed by atoms with Crippen LogP contribution < -0.4 is 0 Å². The molecule has 1 amide bonds. The molecule has 15 heavy (non-hydrogen) atoms. The van der Waals surface area contributed by atoms with Crippen LogP contribution in [0.5, 0.6) is 0 Å². The van der Waals surface area contributed by atoms with Crippen molar-refractivity contribution in [1.82, 2.24) is 4.90 Å². The average Bonchev–Trinajstić information content (AvgIpc) is 2.15. The number of ketones is 1. The standard InChI is InChI=1S/C11H20INO2/c1-8(2)13(4)11(15)7-10(5-6-12)9(3)14/h8,10H,5-7H2,1-4H3/t10-/m1/s1. The second-order valence-electron chi connectivity index (χ2n) is 4.09. The fraction of sp³-hybridized carbons (Fsp3) is 0.818. The molecule has 0 aromatic rings. The third kappa shape index (κ3) is 5.49. The molecule has 4 heteroatoms. The predicted octanol–water partition coefficient (Wildman–Crippen LogP) is 2.27. The maximum absolute atomic E-state index is 11.7. The van der Waals surface area contributed by atoms with Crippen LogP contribution in [0.25, 0.3) is 0 Å². The van der Waals surface area contributed by atoms with Crippen LogP contribution in [0.1, 0.15) is 33.6 Å². The molecule has 0 aliphatic carbocycles. The second kappa shape index (κ2) is 7.19. The molecule has 0 heterocycles. The number of amides is 1. The smallest absolute Gasteiger partial charge is 0.223 e. The minimum absolute atomic E-state index is 0.0649.